The molecule has 1 heterocycles. The lowest BCUT2D eigenvalue weighted by Crippen LogP contribution is -2.25. The fourth-order valence-corrected chi connectivity index (χ4v) is 2.14. The summed E-state index contributed by atoms with van der Waals surface area (Å²) >= 11 is 9.34. The van der Waals surface area contributed by atoms with E-state index in [1.165, 1.54) is 12.1 Å². The van der Waals surface area contributed by atoms with Crippen molar-refractivity contribution in [1.29, 1.82) is 0 Å². The van der Waals surface area contributed by atoms with Gasteiger partial charge in [0.2, 0.25) is 0 Å². The molecule has 1 aromatic heterocycles. The van der Waals surface area contributed by atoms with Crippen LogP contribution >= 0.6 is 27.5 Å². The van der Waals surface area contributed by atoms with E-state index in [4.69, 9.17) is 11.6 Å². The van der Waals surface area contributed by atoms with E-state index in [9.17, 15) is 9.59 Å². The summed E-state index contributed by atoms with van der Waals surface area (Å²) in [7, 11) is 0. The molecule has 5 nitrogen and oxygen atoms in total. The molecule has 0 spiro atoms. The highest BCUT2D eigenvalue weighted by atomic mass is 79.9. The van der Waals surface area contributed by atoms with Crippen LogP contribution in [0.2, 0.25) is 5.02 Å². The van der Waals surface area contributed by atoms with E-state index in [0.29, 0.717) is 5.02 Å². The van der Waals surface area contributed by atoms with Gasteiger partial charge in [-0.3, -0.25) is 9.59 Å². The van der Waals surface area contributed by atoms with E-state index in [-0.39, 0.29) is 23.7 Å². The van der Waals surface area contributed by atoms with E-state index in [0.717, 1.165) is 10.0 Å². The van der Waals surface area contributed by atoms with Gasteiger partial charge < -0.3 is 5.32 Å². The minimum Gasteiger partial charge on any atom is -0.347 e. The van der Waals surface area contributed by atoms with E-state index < -0.39 is 0 Å². The van der Waals surface area contributed by atoms with Crippen LogP contribution in [0.25, 0.3) is 0 Å². The van der Waals surface area contributed by atoms with Gasteiger partial charge in [0.15, 0.2) is 0 Å². The number of H-pyrrole nitrogens is 1. The zero-order chi connectivity index (χ0) is 13.8. The van der Waals surface area contributed by atoms with Crippen LogP contribution in [-0.4, -0.2) is 16.1 Å². The highest BCUT2D eigenvalue weighted by molar-refractivity contribution is 9.10. The summed E-state index contributed by atoms with van der Waals surface area (Å²) in [5.41, 5.74) is 0.586. The maximum atomic E-state index is 11.8. The third-order valence-electron chi connectivity index (χ3n) is 2.37. The van der Waals surface area contributed by atoms with Crippen molar-refractivity contribution < 1.29 is 4.79 Å². The Morgan fingerprint density at radius 2 is 2.16 bits per heavy atom. The molecule has 0 bridgehead atoms. The van der Waals surface area contributed by atoms with Gasteiger partial charge in [0, 0.05) is 22.1 Å². The third kappa shape index (κ3) is 3.65. The van der Waals surface area contributed by atoms with Gasteiger partial charge in [0.25, 0.3) is 11.5 Å². The molecule has 7 heteroatoms. The molecule has 0 unspecified atom stereocenters. The number of hydrogen-bond acceptors (Lipinski definition) is 3. The largest absolute Gasteiger partial charge is 0.347 e. The number of carbonyl (C=O) groups is 1. The maximum absolute atomic E-state index is 11.8. The smallest absolute Gasteiger partial charge is 0.271 e. The molecule has 1 aromatic carbocycles. The molecule has 0 aliphatic rings. The van der Waals surface area contributed by atoms with Gasteiger partial charge in [-0.2, -0.15) is 5.10 Å². The number of halogens is 2. The first-order valence-electron chi connectivity index (χ1n) is 5.34. The number of aromatic amines is 1. The van der Waals surface area contributed by atoms with Gasteiger partial charge in [0.1, 0.15) is 5.69 Å². The molecule has 1 amide bonds. The Kier molecular flexibility index (Phi) is 4.34. The number of amides is 1. The number of nitrogens with one attached hydrogen (secondary N) is 2. The van der Waals surface area contributed by atoms with Crippen molar-refractivity contribution in [3.63, 3.8) is 0 Å². The Morgan fingerprint density at radius 1 is 1.37 bits per heavy atom. The minimum absolute atomic E-state index is 0.146. The van der Waals surface area contributed by atoms with Gasteiger partial charge in [-0.05, 0) is 23.8 Å². The number of hydrogen-bond donors (Lipinski definition) is 2. The number of benzene rings is 1. The fraction of sp³-hybridized carbons (Fsp3) is 0.0833. The predicted octanol–water partition coefficient (Wildman–Crippen LogP) is 2.12. The summed E-state index contributed by atoms with van der Waals surface area (Å²) < 4.78 is 0.870. The van der Waals surface area contributed by atoms with Crippen LogP contribution in [0.15, 0.2) is 39.6 Å². The molecule has 98 valence electrons. The number of aromatic nitrogens is 2. The lowest BCUT2D eigenvalue weighted by Gasteiger charge is -2.06. The molecule has 0 atom stereocenters. The van der Waals surface area contributed by atoms with Crippen LogP contribution in [0.5, 0.6) is 0 Å². The van der Waals surface area contributed by atoms with Gasteiger partial charge in [-0.15, -0.1) is 0 Å². The summed E-state index contributed by atoms with van der Waals surface area (Å²) in [6.45, 7) is 0.283. The van der Waals surface area contributed by atoms with Gasteiger partial charge >= 0.3 is 0 Å². The number of carbonyl (C=O) groups excluding carboxylic acids is 1. The molecule has 0 saturated heterocycles. The number of nitrogens with zero attached hydrogens (tertiary/aromatic N) is 1. The van der Waals surface area contributed by atoms with Crippen molar-refractivity contribution >= 4 is 33.4 Å². The van der Waals surface area contributed by atoms with E-state index in [1.54, 1.807) is 6.07 Å². The standard InChI is InChI=1S/C12H9BrClN3O2/c13-8-2-1-7(9(14)5-8)6-15-12(19)10-3-4-11(18)17-16-10/h1-5H,6H2,(H,15,19)(H,17,18). The highest BCUT2D eigenvalue weighted by Gasteiger charge is 2.08. The molecule has 2 aromatic rings. The lowest BCUT2D eigenvalue weighted by atomic mass is 10.2. The van der Waals surface area contributed by atoms with E-state index in [2.05, 4.69) is 31.4 Å². The normalized spacial score (nSPS) is 10.2. The van der Waals surface area contributed by atoms with Crippen molar-refractivity contribution in [2.24, 2.45) is 0 Å². The van der Waals surface area contributed by atoms with Crippen molar-refractivity contribution in [2.75, 3.05) is 0 Å². The Morgan fingerprint density at radius 3 is 2.79 bits per heavy atom. The monoisotopic (exact) mass is 341 g/mol. The summed E-state index contributed by atoms with van der Waals surface area (Å²) in [6.07, 6.45) is 0. The van der Waals surface area contributed by atoms with Crippen molar-refractivity contribution in [3.8, 4) is 0 Å². The molecule has 19 heavy (non-hydrogen) atoms. The molecule has 0 aliphatic carbocycles. The van der Waals surface area contributed by atoms with Crippen LogP contribution in [0.1, 0.15) is 16.1 Å². The fourth-order valence-electron chi connectivity index (χ4n) is 1.40. The minimum atomic E-state index is -0.379. The second kappa shape index (κ2) is 5.99. The van der Waals surface area contributed by atoms with Gasteiger partial charge in [0.05, 0.1) is 0 Å². The Bertz CT molecular complexity index is 652. The molecule has 0 fully saturated rings. The van der Waals surface area contributed by atoms with Gasteiger partial charge in [-0.25, -0.2) is 5.10 Å². The molecule has 0 saturated carbocycles. The first-order valence-corrected chi connectivity index (χ1v) is 6.51. The Balaban J connectivity index is 2.04. The molecular weight excluding hydrogens is 334 g/mol. The predicted molar refractivity (Wildman–Crippen MR) is 75.2 cm³/mol. The topological polar surface area (TPSA) is 74.8 Å². The summed E-state index contributed by atoms with van der Waals surface area (Å²) in [4.78, 5) is 22.6. The average molecular weight is 343 g/mol. The van der Waals surface area contributed by atoms with Crippen molar-refractivity contribution in [3.05, 3.63) is 61.4 Å². The second-order valence-corrected chi connectivity index (χ2v) is 5.05. The zero-order valence-electron chi connectivity index (χ0n) is 9.61. The molecule has 2 N–H and O–H groups in total. The van der Waals surface area contributed by atoms with Crippen LogP contribution in [0.3, 0.4) is 0 Å². The zero-order valence-corrected chi connectivity index (χ0v) is 12.0. The summed E-state index contributed by atoms with van der Waals surface area (Å²) in [6, 6.07) is 8.01. The van der Waals surface area contributed by atoms with Crippen molar-refractivity contribution in [1.82, 2.24) is 15.5 Å². The first kappa shape index (κ1) is 13.8. The lowest BCUT2D eigenvalue weighted by molar-refractivity contribution is 0.0945. The molecule has 2 rings (SSSR count). The van der Waals surface area contributed by atoms with Crippen LogP contribution < -0.4 is 10.9 Å². The van der Waals surface area contributed by atoms with Gasteiger partial charge in [-0.1, -0.05) is 33.6 Å². The van der Waals surface area contributed by atoms with E-state index in [1.807, 2.05) is 12.1 Å². The summed E-state index contributed by atoms with van der Waals surface area (Å²) in [5.74, 6) is -0.379. The molecular formula is C12H9BrClN3O2. The first-order chi connectivity index (χ1) is 9.06. The maximum Gasteiger partial charge on any atom is 0.271 e. The highest BCUT2D eigenvalue weighted by Crippen LogP contribution is 2.21. The van der Waals surface area contributed by atoms with Crippen LogP contribution in [-0.2, 0) is 6.54 Å². The molecule has 0 radical (unpaired) electrons. The van der Waals surface area contributed by atoms with Crippen LogP contribution in [0, 0.1) is 0 Å². The molecule has 0 aliphatic heterocycles. The SMILES string of the molecule is O=C(NCc1ccc(Br)cc1Cl)c1ccc(=O)[nH]n1. The van der Waals surface area contributed by atoms with Crippen LogP contribution in [0.4, 0.5) is 0 Å². The van der Waals surface area contributed by atoms with E-state index >= 15 is 0 Å². The average Bonchev–Trinajstić information content (AvgIpc) is 2.38. The van der Waals surface area contributed by atoms with Crippen molar-refractivity contribution in [2.45, 2.75) is 6.54 Å². The Hall–Kier alpha value is -1.66. The second-order valence-electron chi connectivity index (χ2n) is 3.72. The number of rotatable bonds is 3. The Labute approximate surface area is 122 Å². The third-order valence-corrected chi connectivity index (χ3v) is 3.21. The summed E-state index contributed by atoms with van der Waals surface area (Å²) in [5, 5.41) is 9.07. The quantitative estimate of drug-likeness (QED) is 0.897.